The predicted octanol–water partition coefficient (Wildman–Crippen LogP) is 0.368. The topological polar surface area (TPSA) is 49.3 Å². The van der Waals surface area contributed by atoms with Crippen molar-refractivity contribution < 1.29 is 9.90 Å². The molecule has 1 amide bonds. The van der Waals surface area contributed by atoms with Gasteiger partial charge in [0.25, 0.3) is 0 Å². The number of aliphatic hydroxyl groups is 1. The van der Waals surface area contributed by atoms with Gasteiger partial charge in [0.05, 0.1) is 0 Å². The molecule has 2 N–H and O–H groups in total. The Morgan fingerprint density at radius 3 is 2.60 bits per heavy atom. The van der Waals surface area contributed by atoms with Gasteiger partial charge in [0.2, 0.25) is 5.91 Å². The minimum absolute atomic E-state index is 0.109. The van der Waals surface area contributed by atoms with Gasteiger partial charge < -0.3 is 10.4 Å². The molecule has 1 aliphatic carbocycles. The second kappa shape index (κ2) is 2.51. The van der Waals surface area contributed by atoms with Gasteiger partial charge in [0.1, 0.15) is 10.6 Å². The fraction of sp³-hybridized carbons (Fsp3) is 0.833. The fourth-order valence-corrected chi connectivity index (χ4v) is 0.969. The van der Waals surface area contributed by atoms with Crippen LogP contribution in [0, 0.1) is 0 Å². The van der Waals surface area contributed by atoms with E-state index in [1.807, 2.05) is 0 Å². The second-order valence-electron chi connectivity index (χ2n) is 2.61. The molecular weight excluding hydrogens is 198 g/mol. The second-order valence-corrected chi connectivity index (χ2v) is 4.13. The van der Waals surface area contributed by atoms with Gasteiger partial charge in [-0.15, -0.1) is 0 Å². The highest BCUT2D eigenvalue weighted by Crippen LogP contribution is 2.44. The zero-order valence-corrected chi connectivity index (χ0v) is 7.31. The summed E-state index contributed by atoms with van der Waals surface area (Å²) >= 11 is 3.26. The van der Waals surface area contributed by atoms with E-state index >= 15 is 0 Å². The maximum atomic E-state index is 11.0. The molecule has 0 saturated heterocycles. The van der Waals surface area contributed by atoms with E-state index in [1.54, 1.807) is 0 Å². The van der Waals surface area contributed by atoms with E-state index < -0.39 is 6.23 Å². The molecule has 1 unspecified atom stereocenters. The Morgan fingerprint density at radius 2 is 2.30 bits per heavy atom. The summed E-state index contributed by atoms with van der Waals surface area (Å²) in [4.78, 5) is 11.0. The van der Waals surface area contributed by atoms with Crippen molar-refractivity contribution >= 4 is 21.8 Å². The largest absolute Gasteiger partial charge is 0.374 e. The monoisotopic (exact) mass is 207 g/mol. The standard InChI is InChI=1S/C6H10BrNO2/c1-4(9)8-5(10)6(7)2-3-6/h4,9H,2-3H2,1H3,(H,8,10). The first-order chi connectivity index (χ1) is 4.54. The van der Waals surface area contributed by atoms with Gasteiger partial charge in [0.15, 0.2) is 0 Å². The van der Waals surface area contributed by atoms with Crippen LogP contribution in [-0.4, -0.2) is 21.6 Å². The lowest BCUT2D eigenvalue weighted by atomic mass is 10.4. The molecule has 3 nitrogen and oxygen atoms in total. The molecular formula is C6H10BrNO2. The highest BCUT2D eigenvalue weighted by molar-refractivity contribution is 9.10. The zero-order valence-electron chi connectivity index (χ0n) is 5.72. The normalized spacial score (nSPS) is 23.5. The summed E-state index contributed by atoms with van der Waals surface area (Å²) < 4.78 is -0.357. The third-order valence-corrected chi connectivity index (χ3v) is 2.59. The van der Waals surface area contributed by atoms with Crippen LogP contribution in [0.5, 0.6) is 0 Å². The minimum atomic E-state index is -0.748. The van der Waals surface area contributed by atoms with Crippen LogP contribution in [0.25, 0.3) is 0 Å². The SMILES string of the molecule is CC(O)NC(=O)C1(Br)CC1. The molecule has 0 aromatic heterocycles. The third kappa shape index (κ3) is 1.70. The van der Waals surface area contributed by atoms with Crippen LogP contribution in [0.3, 0.4) is 0 Å². The van der Waals surface area contributed by atoms with Crippen molar-refractivity contribution in [3.63, 3.8) is 0 Å². The summed E-state index contributed by atoms with van der Waals surface area (Å²) in [7, 11) is 0. The number of aliphatic hydroxyl groups excluding tert-OH is 1. The zero-order chi connectivity index (χ0) is 7.78. The molecule has 1 aliphatic rings. The number of rotatable bonds is 2. The molecule has 10 heavy (non-hydrogen) atoms. The number of nitrogens with one attached hydrogen (secondary N) is 1. The summed E-state index contributed by atoms with van der Waals surface area (Å²) in [6, 6.07) is 0. The van der Waals surface area contributed by atoms with Crippen molar-refractivity contribution in [1.29, 1.82) is 0 Å². The van der Waals surface area contributed by atoms with Crippen LogP contribution in [-0.2, 0) is 4.79 Å². The minimum Gasteiger partial charge on any atom is -0.374 e. The van der Waals surface area contributed by atoms with Gasteiger partial charge in [-0.05, 0) is 19.8 Å². The van der Waals surface area contributed by atoms with Gasteiger partial charge in [-0.2, -0.15) is 0 Å². The average molecular weight is 208 g/mol. The molecule has 0 heterocycles. The molecule has 1 saturated carbocycles. The van der Waals surface area contributed by atoms with E-state index in [-0.39, 0.29) is 10.2 Å². The van der Waals surface area contributed by atoms with Crippen molar-refractivity contribution in [3.8, 4) is 0 Å². The van der Waals surface area contributed by atoms with Gasteiger partial charge in [-0.25, -0.2) is 0 Å². The van der Waals surface area contributed by atoms with Crippen molar-refractivity contribution in [2.24, 2.45) is 0 Å². The van der Waals surface area contributed by atoms with Crippen LogP contribution in [0.15, 0.2) is 0 Å². The van der Waals surface area contributed by atoms with E-state index in [0.29, 0.717) is 0 Å². The molecule has 1 fully saturated rings. The molecule has 1 rings (SSSR count). The lowest BCUT2D eigenvalue weighted by molar-refractivity contribution is -0.123. The number of amides is 1. The van der Waals surface area contributed by atoms with Crippen molar-refractivity contribution in [2.45, 2.75) is 30.3 Å². The van der Waals surface area contributed by atoms with Crippen LogP contribution >= 0.6 is 15.9 Å². The number of carbonyl (C=O) groups is 1. The highest BCUT2D eigenvalue weighted by atomic mass is 79.9. The van der Waals surface area contributed by atoms with Crippen molar-refractivity contribution in [1.82, 2.24) is 5.32 Å². The average Bonchev–Trinajstić information content (AvgIpc) is 2.47. The number of halogens is 1. The Kier molecular flexibility index (Phi) is 2.01. The molecule has 0 spiro atoms. The maximum absolute atomic E-state index is 11.0. The van der Waals surface area contributed by atoms with Gasteiger partial charge in [-0.1, -0.05) is 15.9 Å². The van der Waals surface area contributed by atoms with E-state index in [1.165, 1.54) is 6.92 Å². The fourth-order valence-electron chi connectivity index (χ4n) is 0.656. The lowest BCUT2D eigenvalue weighted by Gasteiger charge is -2.09. The molecule has 0 aliphatic heterocycles. The summed E-state index contributed by atoms with van der Waals surface area (Å²) in [6.07, 6.45) is 0.986. The van der Waals surface area contributed by atoms with E-state index in [2.05, 4.69) is 21.2 Å². The Bertz CT molecular complexity index is 154. The third-order valence-electron chi connectivity index (χ3n) is 1.44. The molecule has 0 bridgehead atoms. The van der Waals surface area contributed by atoms with Crippen molar-refractivity contribution in [2.75, 3.05) is 0 Å². The number of alkyl halides is 1. The number of carbonyl (C=O) groups excluding carboxylic acids is 1. The van der Waals surface area contributed by atoms with Gasteiger partial charge >= 0.3 is 0 Å². The van der Waals surface area contributed by atoms with Crippen LogP contribution in [0.4, 0.5) is 0 Å². The van der Waals surface area contributed by atoms with Crippen LogP contribution in [0.1, 0.15) is 19.8 Å². The summed E-state index contributed by atoms with van der Waals surface area (Å²) in [5.74, 6) is -0.109. The quantitative estimate of drug-likeness (QED) is 0.508. The highest BCUT2D eigenvalue weighted by Gasteiger charge is 2.47. The van der Waals surface area contributed by atoms with Crippen LogP contribution < -0.4 is 5.32 Å². The number of hydrogen-bond acceptors (Lipinski definition) is 2. The maximum Gasteiger partial charge on any atom is 0.238 e. The summed E-state index contributed by atoms with van der Waals surface area (Å²) in [5.41, 5.74) is 0. The molecule has 0 aromatic carbocycles. The van der Waals surface area contributed by atoms with Crippen molar-refractivity contribution in [3.05, 3.63) is 0 Å². The van der Waals surface area contributed by atoms with E-state index in [0.717, 1.165) is 12.8 Å². The first kappa shape index (κ1) is 8.01. The molecule has 1 atom stereocenters. The first-order valence-electron chi connectivity index (χ1n) is 3.22. The van der Waals surface area contributed by atoms with Gasteiger partial charge in [0, 0.05) is 0 Å². The molecule has 58 valence electrons. The Hall–Kier alpha value is -0.0900. The molecule has 0 aromatic rings. The number of hydrogen-bond donors (Lipinski definition) is 2. The Labute approximate surface area is 67.9 Å². The Balaban J connectivity index is 2.35. The van der Waals surface area contributed by atoms with E-state index in [9.17, 15) is 4.79 Å². The summed E-state index contributed by atoms with van der Waals surface area (Å²) in [6.45, 7) is 1.52. The van der Waals surface area contributed by atoms with E-state index in [4.69, 9.17) is 5.11 Å². The Morgan fingerprint density at radius 1 is 1.80 bits per heavy atom. The summed E-state index contributed by atoms with van der Waals surface area (Å²) in [5, 5.41) is 11.2. The predicted molar refractivity (Wildman–Crippen MR) is 40.7 cm³/mol. The smallest absolute Gasteiger partial charge is 0.238 e. The molecule has 0 radical (unpaired) electrons. The molecule has 4 heteroatoms. The van der Waals surface area contributed by atoms with Crippen LogP contribution in [0.2, 0.25) is 0 Å². The first-order valence-corrected chi connectivity index (χ1v) is 4.02. The van der Waals surface area contributed by atoms with Gasteiger partial charge in [-0.3, -0.25) is 4.79 Å². The lowest BCUT2D eigenvalue weighted by Crippen LogP contribution is -2.38.